The Morgan fingerprint density at radius 1 is 1.00 bits per heavy atom. The standard InChI is InChI=1S/C21H13ClF5N3O5/c1-33-18-14(7-6-13(17(18)24)35-21(25,26)27)34-12-5-3-10(22)16(23)15(12)20(32)30-9-2-4-11(19(28)31)29-8-9/h2-8H,1H3,(H2,28,31)(H,30,32). The van der Waals surface area contributed by atoms with Crippen molar-refractivity contribution in [2.75, 3.05) is 12.4 Å². The molecule has 2 amide bonds. The van der Waals surface area contributed by atoms with Crippen molar-refractivity contribution in [1.29, 1.82) is 0 Å². The fraction of sp³-hybridized carbons (Fsp3) is 0.0952. The summed E-state index contributed by atoms with van der Waals surface area (Å²) >= 11 is 5.78. The van der Waals surface area contributed by atoms with Gasteiger partial charge in [-0.15, -0.1) is 13.2 Å². The number of amides is 2. The lowest BCUT2D eigenvalue weighted by Crippen LogP contribution is -2.18. The number of halogens is 6. The van der Waals surface area contributed by atoms with Gasteiger partial charge in [-0.2, -0.15) is 4.39 Å². The smallest absolute Gasteiger partial charge is 0.490 e. The van der Waals surface area contributed by atoms with Crippen LogP contribution in [0.5, 0.6) is 23.0 Å². The van der Waals surface area contributed by atoms with Gasteiger partial charge in [-0.3, -0.25) is 9.59 Å². The molecule has 8 nitrogen and oxygen atoms in total. The number of ether oxygens (including phenoxy) is 3. The Kier molecular flexibility index (Phi) is 7.29. The number of hydrogen-bond acceptors (Lipinski definition) is 6. The molecule has 1 aromatic heterocycles. The van der Waals surface area contributed by atoms with Crippen molar-refractivity contribution in [2.24, 2.45) is 5.73 Å². The Morgan fingerprint density at radius 2 is 1.66 bits per heavy atom. The highest BCUT2D eigenvalue weighted by molar-refractivity contribution is 6.31. The van der Waals surface area contributed by atoms with Crippen LogP contribution in [0.1, 0.15) is 20.8 Å². The fourth-order valence-electron chi connectivity index (χ4n) is 2.75. The van der Waals surface area contributed by atoms with Crippen LogP contribution >= 0.6 is 11.6 Å². The Labute approximate surface area is 198 Å². The minimum Gasteiger partial charge on any atom is -0.490 e. The van der Waals surface area contributed by atoms with Gasteiger partial charge >= 0.3 is 6.36 Å². The predicted octanol–water partition coefficient (Wildman–Crippen LogP) is 5.06. The van der Waals surface area contributed by atoms with Crippen LogP contribution in [0.25, 0.3) is 0 Å². The summed E-state index contributed by atoms with van der Waals surface area (Å²) in [7, 11) is 0.946. The number of aromatic nitrogens is 1. The molecular formula is C21H13ClF5N3O5. The molecular weight excluding hydrogens is 505 g/mol. The molecule has 0 aliphatic heterocycles. The maximum absolute atomic E-state index is 14.8. The Hall–Kier alpha value is -4.13. The monoisotopic (exact) mass is 517 g/mol. The first-order valence-corrected chi connectivity index (χ1v) is 9.64. The first-order chi connectivity index (χ1) is 16.4. The van der Waals surface area contributed by atoms with Crippen LogP contribution in [-0.2, 0) is 0 Å². The van der Waals surface area contributed by atoms with E-state index < -0.39 is 63.4 Å². The lowest BCUT2D eigenvalue weighted by molar-refractivity contribution is -0.275. The van der Waals surface area contributed by atoms with Crippen molar-refractivity contribution >= 4 is 29.1 Å². The zero-order valence-electron chi connectivity index (χ0n) is 17.4. The summed E-state index contributed by atoms with van der Waals surface area (Å²) in [5.41, 5.74) is 4.32. The number of anilines is 1. The number of nitrogens with one attached hydrogen (secondary N) is 1. The molecule has 2 aromatic carbocycles. The minimum absolute atomic E-state index is 0.0441. The molecule has 0 aliphatic rings. The number of nitrogens with two attached hydrogens (primary N) is 1. The van der Waals surface area contributed by atoms with Crippen LogP contribution in [0.15, 0.2) is 42.6 Å². The zero-order chi connectivity index (χ0) is 25.9. The van der Waals surface area contributed by atoms with Gasteiger partial charge in [0.1, 0.15) is 17.0 Å². The number of methoxy groups -OCH3 is 1. The molecule has 0 saturated heterocycles. The van der Waals surface area contributed by atoms with Gasteiger partial charge in [0.05, 0.1) is 24.0 Å². The van der Waals surface area contributed by atoms with Crippen LogP contribution < -0.4 is 25.3 Å². The number of alkyl halides is 3. The molecule has 0 aliphatic carbocycles. The lowest BCUT2D eigenvalue weighted by atomic mass is 10.1. The maximum atomic E-state index is 14.8. The van der Waals surface area contributed by atoms with Gasteiger partial charge in [0, 0.05) is 0 Å². The highest BCUT2D eigenvalue weighted by atomic mass is 35.5. The second kappa shape index (κ2) is 10.0. The molecule has 14 heteroatoms. The second-order valence-corrected chi connectivity index (χ2v) is 6.95. The van der Waals surface area contributed by atoms with Crippen molar-refractivity contribution in [3.05, 3.63) is 70.5 Å². The fourth-order valence-corrected chi connectivity index (χ4v) is 2.91. The molecule has 0 fully saturated rings. The van der Waals surface area contributed by atoms with E-state index in [4.69, 9.17) is 26.8 Å². The van der Waals surface area contributed by atoms with E-state index in [0.717, 1.165) is 31.5 Å². The lowest BCUT2D eigenvalue weighted by Gasteiger charge is -2.17. The molecule has 0 unspecified atom stereocenters. The first-order valence-electron chi connectivity index (χ1n) is 9.26. The van der Waals surface area contributed by atoms with Crippen molar-refractivity contribution in [1.82, 2.24) is 4.98 Å². The summed E-state index contributed by atoms with van der Waals surface area (Å²) < 4.78 is 80.5. The van der Waals surface area contributed by atoms with E-state index in [0.29, 0.717) is 6.07 Å². The topological polar surface area (TPSA) is 113 Å². The van der Waals surface area contributed by atoms with Crippen LogP contribution in [0, 0.1) is 11.6 Å². The SMILES string of the molecule is COc1c(Oc2ccc(Cl)c(F)c2C(=O)Nc2ccc(C(N)=O)nc2)ccc(OC(F)(F)F)c1F. The summed E-state index contributed by atoms with van der Waals surface area (Å²) in [6, 6.07) is 6.07. The second-order valence-electron chi connectivity index (χ2n) is 6.54. The van der Waals surface area contributed by atoms with Gasteiger partial charge in [0.15, 0.2) is 17.3 Å². The Bertz CT molecular complexity index is 1290. The van der Waals surface area contributed by atoms with Gasteiger partial charge in [-0.25, -0.2) is 9.37 Å². The van der Waals surface area contributed by atoms with Crippen LogP contribution in [0.4, 0.5) is 27.6 Å². The Balaban J connectivity index is 1.97. The van der Waals surface area contributed by atoms with E-state index >= 15 is 0 Å². The molecule has 0 saturated carbocycles. The number of hydrogen-bond donors (Lipinski definition) is 2. The molecule has 0 spiro atoms. The number of carbonyl (C=O) groups excluding carboxylic acids is 2. The van der Waals surface area contributed by atoms with Crippen molar-refractivity contribution < 1.29 is 45.8 Å². The van der Waals surface area contributed by atoms with E-state index in [1.165, 1.54) is 12.1 Å². The molecule has 0 radical (unpaired) electrons. The summed E-state index contributed by atoms with van der Waals surface area (Å²) in [6.45, 7) is 0. The van der Waals surface area contributed by atoms with E-state index in [-0.39, 0.29) is 11.4 Å². The minimum atomic E-state index is -5.18. The first kappa shape index (κ1) is 25.5. The van der Waals surface area contributed by atoms with Gasteiger partial charge in [0.25, 0.3) is 11.8 Å². The molecule has 3 N–H and O–H groups in total. The van der Waals surface area contributed by atoms with Crippen molar-refractivity contribution in [2.45, 2.75) is 6.36 Å². The highest BCUT2D eigenvalue weighted by Gasteiger charge is 2.34. The summed E-state index contributed by atoms with van der Waals surface area (Å²) in [4.78, 5) is 27.6. The number of rotatable bonds is 7. The average molecular weight is 518 g/mol. The van der Waals surface area contributed by atoms with E-state index in [1.807, 2.05) is 0 Å². The average Bonchev–Trinajstić information content (AvgIpc) is 2.78. The number of pyridine rings is 1. The van der Waals surface area contributed by atoms with Gasteiger partial charge in [-0.1, -0.05) is 11.6 Å². The molecule has 3 rings (SSSR count). The molecule has 35 heavy (non-hydrogen) atoms. The maximum Gasteiger partial charge on any atom is 0.573 e. The predicted molar refractivity (Wildman–Crippen MR) is 112 cm³/mol. The van der Waals surface area contributed by atoms with E-state index in [2.05, 4.69) is 15.0 Å². The van der Waals surface area contributed by atoms with Crippen LogP contribution in [-0.4, -0.2) is 30.3 Å². The number of carbonyl (C=O) groups is 2. The zero-order valence-corrected chi connectivity index (χ0v) is 18.1. The van der Waals surface area contributed by atoms with Crippen LogP contribution in [0.2, 0.25) is 5.02 Å². The third-order valence-electron chi connectivity index (χ3n) is 4.23. The number of benzene rings is 2. The summed E-state index contributed by atoms with van der Waals surface area (Å²) in [6.07, 6.45) is -4.10. The molecule has 0 bridgehead atoms. The summed E-state index contributed by atoms with van der Waals surface area (Å²) in [5, 5.41) is 1.85. The molecule has 1 heterocycles. The third kappa shape index (κ3) is 5.87. The van der Waals surface area contributed by atoms with Gasteiger partial charge < -0.3 is 25.3 Å². The molecule has 184 valence electrons. The number of nitrogens with zero attached hydrogens (tertiary/aromatic N) is 1. The largest absolute Gasteiger partial charge is 0.573 e. The third-order valence-corrected chi connectivity index (χ3v) is 4.52. The quantitative estimate of drug-likeness (QED) is 0.423. The van der Waals surface area contributed by atoms with E-state index in [9.17, 15) is 31.5 Å². The number of primary amides is 1. The highest BCUT2D eigenvalue weighted by Crippen LogP contribution is 2.41. The molecule has 3 aromatic rings. The van der Waals surface area contributed by atoms with E-state index in [1.54, 1.807) is 0 Å². The van der Waals surface area contributed by atoms with Gasteiger partial charge in [-0.05, 0) is 36.4 Å². The van der Waals surface area contributed by atoms with Crippen molar-refractivity contribution in [3.8, 4) is 23.0 Å². The Morgan fingerprint density at radius 3 is 2.23 bits per heavy atom. The summed E-state index contributed by atoms with van der Waals surface area (Å²) in [5.74, 6) is -7.63. The van der Waals surface area contributed by atoms with Gasteiger partial charge in [0.2, 0.25) is 11.6 Å². The molecule has 0 atom stereocenters. The van der Waals surface area contributed by atoms with Crippen molar-refractivity contribution in [3.63, 3.8) is 0 Å². The van der Waals surface area contributed by atoms with Crippen LogP contribution in [0.3, 0.4) is 0 Å². The normalized spacial score (nSPS) is 11.1.